The van der Waals surface area contributed by atoms with Gasteiger partial charge >= 0.3 is 0 Å². The number of guanidine groups is 1. The van der Waals surface area contributed by atoms with E-state index in [1.165, 1.54) is 11.1 Å². The van der Waals surface area contributed by atoms with Crippen LogP contribution < -0.4 is 11.1 Å². The summed E-state index contributed by atoms with van der Waals surface area (Å²) in [5.74, 6) is 1.26. The number of aliphatic imine (C=N–C) groups is 1. The number of anilines is 1. The third-order valence-electron chi connectivity index (χ3n) is 3.33. The molecule has 0 aliphatic heterocycles. The van der Waals surface area contributed by atoms with Gasteiger partial charge in [-0.25, -0.2) is 0 Å². The highest BCUT2D eigenvalue weighted by atomic mass is 16.5. The molecule has 0 amide bonds. The molecule has 2 rings (SSSR count). The van der Waals surface area contributed by atoms with Crippen molar-refractivity contribution in [2.45, 2.75) is 26.9 Å². The van der Waals surface area contributed by atoms with Gasteiger partial charge in [0, 0.05) is 18.8 Å². The molecule has 22 heavy (non-hydrogen) atoms. The smallest absolute Gasteiger partial charge is 0.193 e. The van der Waals surface area contributed by atoms with E-state index in [0.29, 0.717) is 25.7 Å². The average molecular weight is 301 g/mol. The number of nitrogens with two attached hydrogens (primary N) is 1. The maximum Gasteiger partial charge on any atom is 0.193 e. The van der Waals surface area contributed by atoms with Crippen LogP contribution in [0.4, 0.5) is 5.69 Å². The van der Waals surface area contributed by atoms with E-state index < -0.39 is 0 Å². The average Bonchev–Trinajstić information content (AvgIpc) is 3.00. The lowest BCUT2D eigenvalue weighted by molar-refractivity contribution is 0.105. The zero-order chi connectivity index (χ0) is 15.8. The number of nitrogens with one attached hydrogen (secondary N) is 1. The number of benzene rings is 1. The van der Waals surface area contributed by atoms with Crippen molar-refractivity contribution in [3.8, 4) is 0 Å². The van der Waals surface area contributed by atoms with Gasteiger partial charge in [-0.3, -0.25) is 4.99 Å². The van der Waals surface area contributed by atoms with Gasteiger partial charge in [0.1, 0.15) is 12.4 Å². The topological polar surface area (TPSA) is 72.8 Å². The molecule has 0 saturated carbocycles. The van der Waals surface area contributed by atoms with Crippen LogP contribution in [-0.4, -0.2) is 19.1 Å². The standard InChI is InChI=1S/C17H23N3O2/c1-13-6-7-15(11-14(13)2)20-17(18)19-8-4-9-21-12-16-5-3-10-22-16/h3,5-7,10-11H,4,8-9,12H2,1-2H3,(H3,18,19,20). The van der Waals surface area contributed by atoms with E-state index in [0.717, 1.165) is 17.9 Å². The van der Waals surface area contributed by atoms with E-state index in [1.807, 2.05) is 18.2 Å². The number of ether oxygens (including phenoxy) is 1. The minimum absolute atomic E-state index is 0.425. The second-order valence-corrected chi connectivity index (χ2v) is 5.18. The molecule has 1 aromatic carbocycles. The Morgan fingerprint density at radius 1 is 1.27 bits per heavy atom. The van der Waals surface area contributed by atoms with Crippen LogP contribution in [0.1, 0.15) is 23.3 Å². The van der Waals surface area contributed by atoms with Crippen LogP contribution in [0.25, 0.3) is 0 Å². The third-order valence-corrected chi connectivity index (χ3v) is 3.33. The summed E-state index contributed by atoms with van der Waals surface area (Å²) in [6, 6.07) is 9.86. The van der Waals surface area contributed by atoms with Gasteiger partial charge in [-0.1, -0.05) is 6.07 Å². The molecule has 0 bridgehead atoms. The monoisotopic (exact) mass is 301 g/mol. The zero-order valence-electron chi connectivity index (χ0n) is 13.1. The van der Waals surface area contributed by atoms with Crippen LogP contribution in [0, 0.1) is 13.8 Å². The highest BCUT2D eigenvalue weighted by Crippen LogP contribution is 2.13. The van der Waals surface area contributed by atoms with Gasteiger partial charge < -0.3 is 20.2 Å². The third kappa shape index (κ3) is 5.26. The maximum atomic E-state index is 5.87. The predicted molar refractivity (Wildman–Crippen MR) is 89.0 cm³/mol. The highest BCUT2D eigenvalue weighted by Gasteiger charge is 1.98. The highest BCUT2D eigenvalue weighted by molar-refractivity contribution is 5.92. The largest absolute Gasteiger partial charge is 0.467 e. The number of hydrogen-bond acceptors (Lipinski definition) is 3. The molecule has 0 radical (unpaired) electrons. The molecular formula is C17H23N3O2. The van der Waals surface area contributed by atoms with Gasteiger partial charge in [0.25, 0.3) is 0 Å². The van der Waals surface area contributed by atoms with Crippen LogP contribution in [0.15, 0.2) is 46.0 Å². The molecule has 5 nitrogen and oxygen atoms in total. The summed E-state index contributed by atoms with van der Waals surface area (Å²) < 4.78 is 10.7. The lowest BCUT2D eigenvalue weighted by Crippen LogP contribution is -2.23. The number of hydrogen-bond donors (Lipinski definition) is 2. The fraction of sp³-hybridized carbons (Fsp3) is 0.353. The summed E-state index contributed by atoms with van der Waals surface area (Å²) in [6.45, 7) is 5.90. The molecule has 5 heteroatoms. The Labute approximate surface area is 131 Å². The Balaban J connectivity index is 1.65. The first-order valence-corrected chi connectivity index (χ1v) is 7.39. The van der Waals surface area contributed by atoms with Gasteiger partial charge in [0.15, 0.2) is 5.96 Å². The van der Waals surface area contributed by atoms with Crippen molar-refractivity contribution in [3.63, 3.8) is 0 Å². The van der Waals surface area contributed by atoms with Crippen LogP contribution in [0.5, 0.6) is 0 Å². The maximum absolute atomic E-state index is 5.87. The summed E-state index contributed by atoms with van der Waals surface area (Å²) in [4.78, 5) is 4.29. The molecule has 2 aromatic rings. The van der Waals surface area contributed by atoms with Crippen molar-refractivity contribution >= 4 is 11.6 Å². The molecule has 0 spiro atoms. The van der Waals surface area contributed by atoms with Gasteiger partial charge in [-0.05, 0) is 55.7 Å². The van der Waals surface area contributed by atoms with Crippen LogP contribution in [0.3, 0.4) is 0 Å². The summed E-state index contributed by atoms with van der Waals surface area (Å²) in [5.41, 5.74) is 9.31. The molecule has 3 N–H and O–H groups in total. The van der Waals surface area contributed by atoms with E-state index in [9.17, 15) is 0 Å². The molecular weight excluding hydrogens is 278 g/mol. The van der Waals surface area contributed by atoms with Gasteiger partial charge in [-0.2, -0.15) is 0 Å². The van der Waals surface area contributed by atoms with Crippen LogP contribution in [0.2, 0.25) is 0 Å². The zero-order valence-corrected chi connectivity index (χ0v) is 13.1. The van der Waals surface area contributed by atoms with Crippen LogP contribution in [-0.2, 0) is 11.3 Å². The van der Waals surface area contributed by atoms with Crippen LogP contribution >= 0.6 is 0 Å². The van der Waals surface area contributed by atoms with Gasteiger partial charge in [-0.15, -0.1) is 0 Å². The van der Waals surface area contributed by atoms with Crippen molar-refractivity contribution in [2.75, 3.05) is 18.5 Å². The molecule has 0 aliphatic rings. The number of furan rings is 1. The van der Waals surface area contributed by atoms with Gasteiger partial charge in [0.2, 0.25) is 0 Å². The molecule has 1 aromatic heterocycles. The lowest BCUT2D eigenvalue weighted by Gasteiger charge is -2.08. The minimum Gasteiger partial charge on any atom is -0.467 e. The van der Waals surface area contributed by atoms with Crippen molar-refractivity contribution in [2.24, 2.45) is 10.7 Å². The molecule has 0 atom stereocenters. The summed E-state index contributed by atoms with van der Waals surface area (Å²) >= 11 is 0. The van der Waals surface area contributed by atoms with E-state index in [-0.39, 0.29) is 0 Å². The van der Waals surface area contributed by atoms with Crippen molar-refractivity contribution < 1.29 is 9.15 Å². The molecule has 1 heterocycles. The van der Waals surface area contributed by atoms with E-state index in [1.54, 1.807) is 6.26 Å². The Hall–Kier alpha value is -2.27. The fourth-order valence-corrected chi connectivity index (χ4v) is 1.94. The van der Waals surface area contributed by atoms with E-state index >= 15 is 0 Å². The summed E-state index contributed by atoms with van der Waals surface area (Å²) in [6.07, 6.45) is 2.46. The molecule has 0 saturated heterocycles. The first kappa shape index (κ1) is 16.1. The molecule has 0 fully saturated rings. The normalized spacial score (nSPS) is 11.6. The second kappa shape index (κ2) is 8.24. The Morgan fingerprint density at radius 3 is 2.86 bits per heavy atom. The summed E-state index contributed by atoms with van der Waals surface area (Å²) in [7, 11) is 0. The molecule has 0 unspecified atom stereocenters. The number of aryl methyl sites for hydroxylation is 2. The quantitative estimate of drug-likeness (QED) is 0.468. The Kier molecular flexibility index (Phi) is 6.03. The SMILES string of the molecule is Cc1ccc(NC(N)=NCCCOCc2ccco2)cc1C. The van der Waals surface area contributed by atoms with Gasteiger partial charge in [0.05, 0.1) is 6.26 Å². The van der Waals surface area contributed by atoms with Crippen molar-refractivity contribution in [1.29, 1.82) is 0 Å². The second-order valence-electron chi connectivity index (χ2n) is 5.18. The van der Waals surface area contributed by atoms with E-state index in [4.69, 9.17) is 14.9 Å². The first-order valence-electron chi connectivity index (χ1n) is 7.39. The Morgan fingerprint density at radius 2 is 2.14 bits per heavy atom. The van der Waals surface area contributed by atoms with Crippen molar-refractivity contribution in [1.82, 2.24) is 0 Å². The fourth-order valence-electron chi connectivity index (χ4n) is 1.94. The minimum atomic E-state index is 0.425. The summed E-state index contributed by atoms with van der Waals surface area (Å²) in [5, 5.41) is 3.10. The van der Waals surface area contributed by atoms with Crippen molar-refractivity contribution in [3.05, 3.63) is 53.5 Å². The molecule has 0 aliphatic carbocycles. The number of nitrogens with zero attached hydrogens (tertiary/aromatic N) is 1. The van der Waals surface area contributed by atoms with E-state index in [2.05, 4.69) is 36.3 Å². The first-order chi connectivity index (χ1) is 10.6. The molecule has 118 valence electrons. The predicted octanol–water partition coefficient (Wildman–Crippen LogP) is 3.23. The number of rotatable bonds is 7. The Bertz CT molecular complexity index is 606. The lowest BCUT2D eigenvalue weighted by atomic mass is 10.1.